The molecule has 0 aliphatic carbocycles. The molecule has 2 rings (SSSR count). The van der Waals surface area contributed by atoms with Crippen LogP contribution in [0, 0.1) is 5.82 Å². The second-order valence-corrected chi connectivity index (χ2v) is 5.21. The molecule has 1 heterocycles. The van der Waals surface area contributed by atoms with Gasteiger partial charge in [-0.05, 0) is 19.1 Å². The minimum absolute atomic E-state index is 0.131. The lowest BCUT2D eigenvalue weighted by atomic mass is 10.3. The van der Waals surface area contributed by atoms with Crippen LogP contribution in [0.5, 0.6) is 5.75 Å². The molecule has 0 bridgehead atoms. The van der Waals surface area contributed by atoms with E-state index in [1.807, 2.05) is 20.2 Å². The van der Waals surface area contributed by atoms with Gasteiger partial charge in [-0.15, -0.1) is 0 Å². The van der Waals surface area contributed by atoms with Gasteiger partial charge in [0, 0.05) is 38.5 Å². The lowest BCUT2D eigenvalue weighted by molar-refractivity contribution is 0.223. The molecule has 1 unspecified atom stereocenters. The Kier molecular flexibility index (Phi) is 5.96. The first-order valence-corrected chi connectivity index (χ1v) is 7.41. The number of hydrogen-bond donors (Lipinski definition) is 2. The fraction of sp³-hybridized carbons (Fsp3) is 0.375. The van der Waals surface area contributed by atoms with Gasteiger partial charge in [-0.3, -0.25) is 9.67 Å². The Balaban J connectivity index is 1.76. The van der Waals surface area contributed by atoms with E-state index in [1.54, 1.807) is 30.1 Å². The molecule has 2 N–H and O–H groups in total. The van der Waals surface area contributed by atoms with Crippen LogP contribution >= 0.6 is 0 Å². The molecular formula is C16H22FN5O. The Morgan fingerprint density at radius 2 is 2.26 bits per heavy atom. The molecule has 0 aliphatic heterocycles. The first-order valence-electron chi connectivity index (χ1n) is 7.41. The van der Waals surface area contributed by atoms with Gasteiger partial charge in [0.05, 0.1) is 12.7 Å². The maximum Gasteiger partial charge on any atom is 0.191 e. The molecule has 1 aromatic heterocycles. The normalized spacial score (nSPS) is 12.8. The van der Waals surface area contributed by atoms with E-state index in [-0.39, 0.29) is 11.9 Å². The van der Waals surface area contributed by atoms with Crippen LogP contribution in [0.4, 0.5) is 4.39 Å². The second-order valence-electron chi connectivity index (χ2n) is 5.21. The summed E-state index contributed by atoms with van der Waals surface area (Å²) < 4.78 is 20.5. The van der Waals surface area contributed by atoms with Crippen LogP contribution in [0.25, 0.3) is 0 Å². The molecule has 124 valence electrons. The SMILES string of the molecule is CN=C(NCc1cnn(C)c1)NCC(C)Oc1cccc(F)c1. The number of aryl methyl sites for hydroxylation is 1. The minimum atomic E-state index is -0.309. The van der Waals surface area contributed by atoms with Crippen molar-refractivity contribution < 1.29 is 9.13 Å². The van der Waals surface area contributed by atoms with Crippen molar-refractivity contribution in [2.45, 2.75) is 19.6 Å². The number of rotatable bonds is 6. The van der Waals surface area contributed by atoms with E-state index in [2.05, 4.69) is 20.7 Å². The molecule has 0 saturated carbocycles. The number of aliphatic imine (C=N–C) groups is 1. The quantitative estimate of drug-likeness (QED) is 0.628. The van der Waals surface area contributed by atoms with E-state index < -0.39 is 0 Å². The number of halogens is 1. The smallest absolute Gasteiger partial charge is 0.191 e. The zero-order chi connectivity index (χ0) is 16.7. The lowest BCUT2D eigenvalue weighted by Gasteiger charge is -2.17. The number of aromatic nitrogens is 2. The van der Waals surface area contributed by atoms with Gasteiger partial charge in [-0.25, -0.2) is 4.39 Å². The molecule has 23 heavy (non-hydrogen) atoms. The average Bonchev–Trinajstić information content (AvgIpc) is 2.93. The highest BCUT2D eigenvalue weighted by molar-refractivity contribution is 5.79. The second kappa shape index (κ2) is 8.17. The standard InChI is InChI=1S/C16H22FN5O/c1-12(23-15-6-4-5-14(17)7-15)8-19-16(18-2)20-9-13-10-21-22(3)11-13/h4-7,10-12H,8-9H2,1-3H3,(H2,18,19,20). The lowest BCUT2D eigenvalue weighted by Crippen LogP contribution is -2.41. The Morgan fingerprint density at radius 3 is 2.91 bits per heavy atom. The topological polar surface area (TPSA) is 63.5 Å². The van der Waals surface area contributed by atoms with E-state index in [9.17, 15) is 4.39 Å². The zero-order valence-electron chi connectivity index (χ0n) is 13.6. The van der Waals surface area contributed by atoms with E-state index in [0.717, 1.165) is 5.56 Å². The molecule has 0 radical (unpaired) electrons. The predicted molar refractivity (Wildman–Crippen MR) is 87.9 cm³/mol. The van der Waals surface area contributed by atoms with E-state index in [0.29, 0.717) is 24.8 Å². The Labute approximate surface area is 135 Å². The van der Waals surface area contributed by atoms with Gasteiger partial charge in [0.25, 0.3) is 0 Å². The Morgan fingerprint density at radius 1 is 1.43 bits per heavy atom. The van der Waals surface area contributed by atoms with Crippen LogP contribution in [-0.2, 0) is 13.6 Å². The summed E-state index contributed by atoms with van der Waals surface area (Å²) in [7, 11) is 3.58. The third-order valence-electron chi connectivity index (χ3n) is 3.13. The van der Waals surface area contributed by atoms with Crippen molar-refractivity contribution in [1.29, 1.82) is 0 Å². The van der Waals surface area contributed by atoms with Crippen molar-refractivity contribution in [3.8, 4) is 5.75 Å². The minimum Gasteiger partial charge on any atom is -0.489 e. The summed E-state index contributed by atoms with van der Waals surface area (Å²) in [5.74, 6) is 0.873. The fourth-order valence-corrected chi connectivity index (χ4v) is 2.02. The van der Waals surface area contributed by atoms with Gasteiger partial charge in [-0.2, -0.15) is 5.10 Å². The first-order chi connectivity index (χ1) is 11.1. The molecule has 1 atom stereocenters. The van der Waals surface area contributed by atoms with Crippen molar-refractivity contribution in [3.63, 3.8) is 0 Å². The molecule has 0 saturated heterocycles. The molecular weight excluding hydrogens is 297 g/mol. The molecule has 7 heteroatoms. The molecule has 0 fully saturated rings. The van der Waals surface area contributed by atoms with Crippen molar-refractivity contribution >= 4 is 5.96 Å². The highest BCUT2D eigenvalue weighted by Gasteiger charge is 2.06. The Bertz CT molecular complexity index is 655. The molecule has 0 spiro atoms. The van der Waals surface area contributed by atoms with Gasteiger partial charge in [0.2, 0.25) is 0 Å². The first kappa shape index (κ1) is 16.8. The third kappa shape index (κ3) is 5.61. The summed E-state index contributed by atoms with van der Waals surface area (Å²) in [4.78, 5) is 4.15. The van der Waals surface area contributed by atoms with Crippen molar-refractivity contribution in [2.24, 2.45) is 12.0 Å². The number of hydrogen-bond acceptors (Lipinski definition) is 3. The molecule has 0 aliphatic rings. The summed E-state index contributed by atoms with van der Waals surface area (Å²) in [5.41, 5.74) is 1.07. The highest BCUT2D eigenvalue weighted by atomic mass is 19.1. The summed E-state index contributed by atoms with van der Waals surface area (Å²) in [6, 6.07) is 6.11. The molecule has 1 aromatic carbocycles. The fourth-order valence-electron chi connectivity index (χ4n) is 2.02. The number of guanidine groups is 1. The number of nitrogens with zero attached hydrogens (tertiary/aromatic N) is 3. The zero-order valence-corrected chi connectivity index (χ0v) is 13.6. The molecule has 0 amide bonds. The molecule has 2 aromatic rings. The summed E-state index contributed by atoms with van der Waals surface area (Å²) >= 11 is 0. The van der Waals surface area contributed by atoms with Gasteiger partial charge in [-0.1, -0.05) is 6.07 Å². The van der Waals surface area contributed by atoms with Crippen molar-refractivity contribution in [1.82, 2.24) is 20.4 Å². The highest BCUT2D eigenvalue weighted by Crippen LogP contribution is 2.13. The summed E-state index contributed by atoms with van der Waals surface area (Å²) in [5, 5.41) is 10.5. The van der Waals surface area contributed by atoms with Gasteiger partial charge in [0.15, 0.2) is 5.96 Å². The monoisotopic (exact) mass is 319 g/mol. The van der Waals surface area contributed by atoms with Crippen LogP contribution in [0.3, 0.4) is 0 Å². The van der Waals surface area contributed by atoms with E-state index in [1.165, 1.54) is 12.1 Å². The Hall–Kier alpha value is -2.57. The van der Waals surface area contributed by atoms with Crippen LogP contribution in [0.15, 0.2) is 41.7 Å². The summed E-state index contributed by atoms with van der Waals surface area (Å²) in [6.07, 6.45) is 3.61. The predicted octanol–water partition coefficient (Wildman–Crippen LogP) is 1.69. The van der Waals surface area contributed by atoms with Crippen molar-refractivity contribution in [3.05, 3.63) is 48.0 Å². The third-order valence-corrected chi connectivity index (χ3v) is 3.13. The number of benzene rings is 1. The largest absolute Gasteiger partial charge is 0.489 e. The van der Waals surface area contributed by atoms with Gasteiger partial charge < -0.3 is 15.4 Å². The van der Waals surface area contributed by atoms with Gasteiger partial charge in [0.1, 0.15) is 17.7 Å². The van der Waals surface area contributed by atoms with Crippen LogP contribution in [0.2, 0.25) is 0 Å². The van der Waals surface area contributed by atoms with Crippen molar-refractivity contribution in [2.75, 3.05) is 13.6 Å². The maximum atomic E-state index is 13.1. The summed E-state index contributed by atoms with van der Waals surface area (Å²) in [6.45, 7) is 3.09. The average molecular weight is 319 g/mol. The van der Waals surface area contributed by atoms with Crippen LogP contribution < -0.4 is 15.4 Å². The molecule has 6 nitrogen and oxygen atoms in total. The number of ether oxygens (including phenoxy) is 1. The van der Waals surface area contributed by atoms with E-state index in [4.69, 9.17) is 4.74 Å². The van der Waals surface area contributed by atoms with Crippen LogP contribution in [-0.4, -0.2) is 35.4 Å². The van der Waals surface area contributed by atoms with Gasteiger partial charge >= 0.3 is 0 Å². The van der Waals surface area contributed by atoms with E-state index >= 15 is 0 Å². The van der Waals surface area contributed by atoms with Crippen LogP contribution in [0.1, 0.15) is 12.5 Å². The maximum absolute atomic E-state index is 13.1. The number of nitrogens with one attached hydrogen (secondary N) is 2.